The number of hydrogen-bond donors (Lipinski definition) is 2. The van der Waals surface area contributed by atoms with Crippen LogP contribution in [-0.2, 0) is 4.74 Å². The van der Waals surface area contributed by atoms with E-state index in [0.717, 1.165) is 0 Å². The molecule has 0 bridgehead atoms. The fraction of sp³-hybridized carbons (Fsp3) is 0.500. The zero-order chi connectivity index (χ0) is 5.11. The summed E-state index contributed by atoms with van der Waals surface area (Å²) in [5.41, 5.74) is 0. The van der Waals surface area contributed by atoms with Crippen LogP contribution in [0.3, 0.4) is 0 Å². The Morgan fingerprint density at radius 2 is 2.71 bits per heavy atom. The summed E-state index contributed by atoms with van der Waals surface area (Å²) in [6, 6.07) is 0. The first-order valence-corrected chi connectivity index (χ1v) is 2.10. The van der Waals surface area contributed by atoms with Gasteiger partial charge in [0.25, 0.3) is 0 Å². The average molecular weight is 101 g/mol. The van der Waals surface area contributed by atoms with Crippen LogP contribution in [0.15, 0.2) is 12.0 Å². The van der Waals surface area contributed by atoms with Crippen LogP contribution < -0.4 is 5.32 Å². The first-order chi connectivity index (χ1) is 3.39. The molecular weight excluding hydrogens is 94.0 g/mol. The van der Waals surface area contributed by atoms with Gasteiger partial charge in [-0.25, -0.2) is 0 Å². The minimum atomic E-state index is 0.256. The molecule has 0 saturated heterocycles. The lowest BCUT2D eigenvalue weighted by Gasteiger charge is -2.08. The molecule has 40 valence electrons. The van der Waals surface area contributed by atoms with E-state index >= 15 is 0 Å². The minimum absolute atomic E-state index is 0.256. The van der Waals surface area contributed by atoms with Crippen LogP contribution in [0.5, 0.6) is 0 Å². The summed E-state index contributed by atoms with van der Waals surface area (Å²) in [6.45, 7) is 1.03. The van der Waals surface area contributed by atoms with Crippen LogP contribution in [0.1, 0.15) is 0 Å². The van der Waals surface area contributed by atoms with Gasteiger partial charge in [0.1, 0.15) is 18.8 Å². The Bertz CT molecular complexity index is 89.7. The van der Waals surface area contributed by atoms with Crippen molar-refractivity contribution in [2.45, 2.75) is 0 Å². The van der Waals surface area contributed by atoms with Gasteiger partial charge in [-0.05, 0) is 0 Å². The Kier molecular flexibility index (Phi) is 1.17. The molecule has 0 amide bonds. The summed E-state index contributed by atoms with van der Waals surface area (Å²) < 4.78 is 4.66. The second-order valence-electron chi connectivity index (χ2n) is 1.35. The first-order valence-electron chi connectivity index (χ1n) is 2.10. The van der Waals surface area contributed by atoms with Crippen molar-refractivity contribution in [1.82, 2.24) is 5.32 Å². The number of aliphatic hydroxyl groups is 1. The quantitative estimate of drug-likeness (QED) is 0.450. The van der Waals surface area contributed by atoms with Crippen LogP contribution in [-0.4, -0.2) is 18.4 Å². The third-order valence-corrected chi connectivity index (χ3v) is 0.711. The molecule has 0 aromatic heterocycles. The number of hydrogen-bond acceptors (Lipinski definition) is 3. The highest BCUT2D eigenvalue weighted by molar-refractivity contribution is 4.89. The van der Waals surface area contributed by atoms with Gasteiger partial charge in [0, 0.05) is 0 Å². The van der Waals surface area contributed by atoms with Crippen molar-refractivity contribution in [2.24, 2.45) is 0 Å². The molecule has 0 fully saturated rings. The minimum Gasteiger partial charge on any atom is -0.508 e. The molecule has 0 aromatic rings. The summed E-state index contributed by atoms with van der Waals surface area (Å²) in [5.74, 6) is 0.256. The van der Waals surface area contributed by atoms with Gasteiger partial charge >= 0.3 is 0 Å². The lowest BCUT2D eigenvalue weighted by atomic mass is 10.5. The molecule has 0 aliphatic carbocycles. The zero-order valence-corrected chi connectivity index (χ0v) is 3.85. The summed E-state index contributed by atoms with van der Waals surface area (Å²) in [6.07, 6.45) is 1.34. The number of ether oxygens (including phenoxy) is 1. The van der Waals surface area contributed by atoms with Gasteiger partial charge < -0.3 is 9.84 Å². The van der Waals surface area contributed by atoms with E-state index in [2.05, 4.69) is 10.1 Å². The van der Waals surface area contributed by atoms with E-state index in [1.165, 1.54) is 6.26 Å². The number of nitrogens with one attached hydrogen (secondary N) is 1. The lowest BCUT2D eigenvalue weighted by molar-refractivity contribution is 0.176. The third kappa shape index (κ3) is 1.08. The molecule has 0 unspecified atom stereocenters. The van der Waals surface area contributed by atoms with E-state index < -0.39 is 0 Å². The molecule has 1 aliphatic rings. The van der Waals surface area contributed by atoms with E-state index in [4.69, 9.17) is 5.11 Å². The average Bonchev–Trinajstić information content (AvgIpc) is 1.69. The Morgan fingerprint density at radius 3 is 3.00 bits per heavy atom. The number of aliphatic hydroxyl groups excluding tert-OH is 1. The molecule has 0 spiro atoms. The van der Waals surface area contributed by atoms with Gasteiger partial charge in [0.15, 0.2) is 0 Å². The Hall–Kier alpha value is -0.700. The van der Waals surface area contributed by atoms with Gasteiger partial charge in [-0.2, -0.15) is 0 Å². The van der Waals surface area contributed by atoms with Gasteiger partial charge in [-0.15, -0.1) is 0 Å². The molecule has 7 heavy (non-hydrogen) atoms. The highest BCUT2D eigenvalue weighted by Crippen LogP contribution is 1.90. The highest BCUT2D eigenvalue weighted by Gasteiger charge is 1.96. The SMILES string of the molecule is OC1=COCNC1. The molecular formula is C4H7NO2. The van der Waals surface area contributed by atoms with Crippen molar-refractivity contribution in [1.29, 1.82) is 0 Å². The standard InChI is InChI=1S/C4H7NO2/c6-4-1-5-3-7-2-4/h2,5-6H,1,3H2. The largest absolute Gasteiger partial charge is 0.508 e. The summed E-state index contributed by atoms with van der Waals surface area (Å²) in [4.78, 5) is 0. The Labute approximate surface area is 41.6 Å². The maximum atomic E-state index is 8.58. The van der Waals surface area contributed by atoms with Gasteiger partial charge in [-0.3, -0.25) is 5.32 Å². The van der Waals surface area contributed by atoms with E-state index in [0.29, 0.717) is 13.3 Å². The monoisotopic (exact) mass is 101 g/mol. The molecule has 0 aromatic carbocycles. The van der Waals surface area contributed by atoms with Crippen molar-refractivity contribution >= 4 is 0 Å². The molecule has 2 N–H and O–H groups in total. The predicted molar refractivity (Wildman–Crippen MR) is 24.7 cm³/mol. The molecule has 1 rings (SSSR count). The fourth-order valence-electron chi connectivity index (χ4n) is 0.418. The van der Waals surface area contributed by atoms with Crippen LogP contribution in [0, 0.1) is 0 Å². The summed E-state index contributed by atoms with van der Waals surface area (Å²) >= 11 is 0. The fourth-order valence-corrected chi connectivity index (χ4v) is 0.418. The van der Waals surface area contributed by atoms with E-state index in [9.17, 15) is 0 Å². The molecule has 3 heteroatoms. The Balaban J connectivity index is 2.40. The van der Waals surface area contributed by atoms with E-state index in [-0.39, 0.29) is 5.76 Å². The van der Waals surface area contributed by atoms with Gasteiger partial charge in [-0.1, -0.05) is 0 Å². The van der Waals surface area contributed by atoms with Crippen LogP contribution >= 0.6 is 0 Å². The topological polar surface area (TPSA) is 41.5 Å². The van der Waals surface area contributed by atoms with E-state index in [1.54, 1.807) is 0 Å². The first kappa shape index (κ1) is 4.46. The van der Waals surface area contributed by atoms with E-state index in [1.807, 2.05) is 0 Å². The maximum Gasteiger partial charge on any atom is 0.140 e. The summed E-state index contributed by atoms with van der Waals surface area (Å²) in [5, 5.41) is 11.4. The van der Waals surface area contributed by atoms with Crippen LogP contribution in [0.2, 0.25) is 0 Å². The molecule has 0 atom stereocenters. The van der Waals surface area contributed by atoms with Gasteiger partial charge in [0.05, 0.1) is 6.54 Å². The van der Waals surface area contributed by atoms with Crippen molar-refractivity contribution in [3.8, 4) is 0 Å². The van der Waals surface area contributed by atoms with Crippen molar-refractivity contribution in [2.75, 3.05) is 13.3 Å². The highest BCUT2D eigenvalue weighted by atomic mass is 16.5. The number of rotatable bonds is 0. The normalized spacial score (nSPS) is 20.3. The smallest absolute Gasteiger partial charge is 0.140 e. The van der Waals surface area contributed by atoms with Crippen molar-refractivity contribution in [3.05, 3.63) is 12.0 Å². The molecule has 1 aliphatic heterocycles. The van der Waals surface area contributed by atoms with Crippen molar-refractivity contribution in [3.63, 3.8) is 0 Å². The van der Waals surface area contributed by atoms with Gasteiger partial charge in [0.2, 0.25) is 0 Å². The predicted octanol–water partition coefficient (Wildman–Crippen LogP) is -0.0369. The van der Waals surface area contributed by atoms with Crippen molar-refractivity contribution < 1.29 is 9.84 Å². The second-order valence-corrected chi connectivity index (χ2v) is 1.35. The second kappa shape index (κ2) is 1.84. The third-order valence-electron chi connectivity index (χ3n) is 0.711. The molecule has 1 heterocycles. The molecule has 0 radical (unpaired) electrons. The van der Waals surface area contributed by atoms with Crippen LogP contribution in [0.4, 0.5) is 0 Å². The maximum absolute atomic E-state index is 8.58. The zero-order valence-electron chi connectivity index (χ0n) is 3.85. The summed E-state index contributed by atoms with van der Waals surface area (Å²) in [7, 11) is 0. The molecule has 0 saturated carbocycles. The van der Waals surface area contributed by atoms with Crippen LogP contribution in [0.25, 0.3) is 0 Å². The Morgan fingerprint density at radius 1 is 1.86 bits per heavy atom. The lowest BCUT2D eigenvalue weighted by Crippen LogP contribution is -2.23. The molecule has 3 nitrogen and oxygen atoms in total.